The number of aryl methyl sites for hydroxylation is 1. The fourth-order valence-electron chi connectivity index (χ4n) is 2.40. The molecule has 1 aromatic carbocycles. The first-order chi connectivity index (χ1) is 10.2. The molecule has 2 rings (SSSR count). The number of aromatic nitrogens is 2. The van der Waals surface area contributed by atoms with Crippen LogP contribution in [0.15, 0.2) is 24.4 Å². The summed E-state index contributed by atoms with van der Waals surface area (Å²) in [5.74, 6) is 1.85. The van der Waals surface area contributed by atoms with Crippen LogP contribution in [0, 0.1) is 0 Å². The third-order valence-electron chi connectivity index (χ3n) is 3.36. The van der Waals surface area contributed by atoms with E-state index in [2.05, 4.69) is 10.4 Å². The van der Waals surface area contributed by atoms with Crippen LogP contribution < -0.4 is 19.5 Å². The van der Waals surface area contributed by atoms with Gasteiger partial charge in [-0.2, -0.15) is 5.10 Å². The van der Waals surface area contributed by atoms with Gasteiger partial charge in [-0.05, 0) is 25.2 Å². The zero-order valence-electron chi connectivity index (χ0n) is 13.0. The molecule has 1 atom stereocenters. The maximum Gasteiger partial charge on any atom is 0.203 e. The van der Waals surface area contributed by atoms with Gasteiger partial charge < -0.3 is 19.5 Å². The predicted octanol–water partition coefficient (Wildman–Crippen LogP) is 1.75. The van der Waals surface area contributed by atoms with Crippen molar-refractivity contribution in [2.75, 3.05) is 28.4 Å². The van der Waals surface area contributed by atoms with Crippen molar-refractivity contribution in [3.05, 3.63) is 35.7 Å². The number of methoxy groups -OCH3 is 3. The zero-order chi connectivity index (χ0) is 15.4. The van der Waals surface area contributed by atoms with E-state index in [1.54, 1.807) is 26.0 Å². The number of rotatable bonds is 6. The van der Waals surface area contributed by atoms with Crippen molar-refractivity contribution in [3.63, 3.8) is 0 Å². The van der Waals surface area contributed by atoms with Crippen LogP contribution in [0.1, 0.15) is 17.3 Å². The molecule has 0 aliphatic heterocycles. The van der Waals surface area contributed by atoms with Crippen molar-refractivity contribution in [1.29, 1.82) is 0 Å². The topological polar surface area (TPSA) is 57.5 Å². The number of hydrogen-bond donors (Lipinski definition) is 1. The van der Waals surface area contributed by atoms with Crippen molar-refractivity contribution < 1.29 is 14.2 Å². The van der Waals surface area contributed by atoms with Gasteiger partial charge in [-0.1, -0.05) is 0 Å². The lowest BCUT2D eigenvalue weighted by Crippen LogP contribution is -2.19. The number of nitrogens with zero attached hydrogens (tertiary/aromatic N) is 2. The molecule has 6 heteroatoms. The van der Waals surface area contributed by atoms with E-state index in [-0.39, 0.29) is 6.04 Å². The second-order valence-corrected chi connectivity index (χ2v) is 4.56. The average Bonchev–Trinajstić information content (AvgIpc) is 2.93. The quantitative estimate of drug-likeness (QED) is 0.879. The molecule has 6 nitrogen and oxygen atoms in total. The van der Waals surface area contributed by atoms with Crippen LogP contribution in [0.2, 0.25) is 0 Å². The summed E-state index contributed by atoms with van der Waals surface area (Å²) in [4.78, 5) is 0. The van der Waals surface area contributed by atoms with E-state index in [9.17, 15) is 0 Å². The van der Waals surface area contributed by atoms with E-state index < -0.39 is 0 Å². The van der Waals surface area contributed by atoms with E-state index >= 15 is 0 Å². The summed E-state index contributed by atoms with van der Waals surface area (Å²) >= 11 is 0. The summed E-state index contributed by atoms with van der Waals surface area (Å²) in [7, 11) is 8.59. The van der Waals surface area contributed by atoms with Crippen LogP contribution in [0.25, 0.3) is 0 Å². The molecule has 114 valence electrons. The molecule has 0 saturated carbocycles. The van der Waals surface area contributed by atoms with Gasteiger partial charge in [0.25, 0.3) is 0 Å². The summed E-state index contributed by atoms with van der Waals surface area (Å²) in [6.45, 7) is 0. The predicted molar refractivity (Wildman–Crippen MR) is 80.2 cm³/mol. The Bertz CT molecular complexity index is 610. The highest BCUT2D eigenvalue weighted by Crippen LogP contribution is 2.43. The molecule has 0 radical (unpaired) electrons. The second kappa shape index (κ2) is 6.49. The molecule has 0 amide bonds. The average molecular weight is 291 g/mol. The highest BCUT2D eigenvalue weighted by atomic mass is 16.5. The first kappa shape index (κ1) is 15.2. The largest absolute Gasteiger partial charge is 0.493 e. The molecule has 0 fully saturated rings. The third-order valence-corrected chi connectivity index (χ3v) is 3.36. The van der Waals surface area contributed by atoms with Crippen molar-refractivity contribution >= 4 is 0 Å². The number of hydrogen-bond acceptors (Lipinski definition) is 5. The molecule has 1 unspecified atom stereocenters. The first-order valence-electron chi connectivity index (χ1n) is 6.61. The van der Waals surface area contributed by atoms with E-state index in [0.717, 1.165) is 11.3 Å². The molecule has 1 heterocycles. The normalized spacial score (nSPS) is 12.0. The van der Waals surface area contributed by atoms with Gasteiger partial charge in [-0.3, -0.25) is 4.68 Å². The summed E-state index contributed by atoms with van der Waals surface area (Å²) in [6.07, 6.45) is 1.91. The standard InChI is InChI=1S/C15H21N3O3/c1-16-13(11-8-9-18(2)17-11)10-6-7-12(19-3)15(21-5)14(10)20-4/h6-9,13,16H,1-5H3. The van der Waals surface area contributed by atoms with Gasteiger partial charge in [-0.25, -0.2) is 0 Å². The molecule has 2 aromatic rings. The molecule has 0 spiro atoms. The van der Waals surface area contributed by atoms with E-state index in [1.165, 1.54) is 0 Å². The SMILES string of the molecule is CNC(c1ccn(C)n1)c1ccc(OC)c(OC)c1OC. The highest BCUT2D eigenvalue weighted by molar-refractivity contribution is 5.57. The monoisotopic (exact) mass is 291 g/mol. The van der Waals surface area contributed by atoms with Crippen molar-refractivity contribution in [1.82, 2.24) is 15.1 Å². The van der Waals surface area contributed by atoms with Gasteiger partial charge in [0.2, 0.25) is 5.75 Å². The minimum absolute atomic E-state index is 0.0963. The molecule has 0 bridgehead atoms. The Hall–Kier alpha value is -2.21. The zero-order valence-corrected chi connectivity index (χ0v) is 13.0. The van der Waals surface area contributed by atoms with Crippen LogP contribution in [0.4, 0.5) is 0 Å². The first-order valence-corrected chi connectivity index (χ1v) is 6.61. The lowest BCUT2D eigenvalue weighted by molar-refractivity contribution is 0.320. The number of nitrogens with one attached hydrogen (secondary N) is 1. The van der Waals surface area contributed by atoms with Gasteiger partial charge in [-0.15, -0.1) is 0 Å². The van der Waals surface area contributed by atoms with Gasteiger partial charge in [0, 0.05) is 18.8 Å². The second-order valence-electron chi connectivity index (χ2n) is 4.56. The molecular formula is C15H21N3O3. The van der Waals surface area contributed by atoms with E-state index in [0.29, 0.717) is 17.2 Å². The molecule has 0 aliphatic carbocycles. The fraction of sp³-hybridized carbons (Fsp3) is 0.400. The Morgan fingerprint density at radius 3 is 2.24 bits per heavy atom. The summed E-state index contributed by atoms with van der Waals surface area (Å²) in [6, 6.07) is 5.69. The molecule has 1 N–H and O–H groups in total. The number of ether oxygens (including phenoxy) is 3. The maximum absolute atomic E-state index is 5.54. The summed E-state index contributed by atoms with van der Waals surface area (Å²) in [5.41, 5.74) is 1.85. The minimum Gasteiger partial charge on any atom is -0.493 e. The van der Waals surface area contributed by atoms with Crippen molar-refractivity contribution in [3.8, 4) is 17.2 Å². The Kier molecular flexibility index (Phi) is 4.70. The maximum atomic E-state index is 5.54. The Labute approximate surface area is 124 Å². The third kappa shape index (κ3) is 2.80. The molecule has 21 heavy (non-hydrogen) atoms. The van der Waals surface area contributed by atoms with Gasteiger partial charge in [0.05, 0.1) is 33.1 Å². The highest BCUT2D eigenvalue weighted by Gasteiger charge is 2.23. The van der Waals surface area contributed by atoms with Gasteiger partial charge in [0.15, 0.2) is 11.5 Å². The van der Waals surface area contributed by atoms with Crippen LogP contribution in [0.3, 0.4) is 0 Å². The molecule has 1 aromatic heterocycles. The Morgan fingerprint density at radius 2 is 1.76 bits per heavy atom. The summed E-state index contributed by atoms with van der Waals surface area (Å²) < 4.78 is 18.1. The Morgan fingerprint density at radius 1 is 1.05 bits per heavy atom. The lowest BCUT2D eigenvalue weighted by atomic mass is 10.0. The minimum atomic E-state index is -0.0963. The molecule has 0 saturated heterocycles. The molecule has 0 aliphatic rings. The smallest absolute Gasteiger partial charge is 0.203 e. The van der Waals surface area contributed by atoms with Crippen molar-refractivity contribution in [2.24, 2.45) is 7.05 Å². The van der Waals surface area contributed by atoms with E-state index in [4.69, 9.17) is 14.2 Å². The lowest BCUT2D eigenvalue weighted by Gasteiger charge is -2.21. The van der Waals surface area contributed by atoms with Crippen LogP contribution in [-0.2, 0) is 7.05 Å². The van der Waals surface area contributed by atoms with E-state index in [1.807, 2.05) is 38.5 Å². The van der Waals surface area contributed by atoms with Gasteiger partial charge >= 0.3 is 0 Å². The van der Waals surface area contributed by atoms with Gasteiger partial charge in [0.1, 0.15) is 0 Å². The van der Waals surface area contributed by atoms with Crippen LogP contribution >= 0.6 is 0 Å². The summed E-state index contributed by atoms with van der Waals surface area (Å²) in [5, 5.41) is 7.72. The molecular weight excluding hydrogens is 270 g/mol. The number of benzene rings is 1. The van der Waals surface area contributed by atoms with Crippen LogP contribution in [-0.4, -0.2) is 38.2 Å². The Balaban J connectivity index is 2.55. The van der Waals surface area contributed by atoms with Crippen LogP contribution in [0.5, 0.6) is 17.2 Å². The van der Waals surface area contributed by atoms with Crippen molar-refractivity contribution in [2.45, 2.75) is 6.04 Å². The fourth-order valence-corrected chi connectivity index (χ4v) is 2.40.